The number of aromatic nitrogens is 1. The maximum atomic E-state index is 14.5. The van der Waals surface area contributed by atoms with Gasteiger partial charge in [-0.15, -0.1) is 0 Å². The van der Waals surface area contributed by atoms with Gasteiger partial charge < -0.3 is 14.5 Å². The summed E-state index contributed by atoms with van der Waals surface area (Å²) in [7, 11) is -1.61. The van der Waals surface area contributed by atoms with E-state index in [9.17, 15) is 31.0 Å². The second-order valence-corrected chi connectivity index (χ2v) is 11.3. The highest BCUT2D eigenvalue weighted by Crippen LogP contribution is 2.59. The van der Waals surface area contributed by atoms with E-state index in [2.05, 4.69) is 9.35 Å². The molecule has 0 spiro atoms. The summed E-state index contributed by atoms with van der Waals surface area (Å²) < 4.78 is 97.1. The van der Waals surface area contributed by atoms with Crippen molar-refractivity contribution in [3.05, 3.63) is 57.0 Å². The highest BCUT2D eigenvalue weighted by molar-refractivity contribution is 7.92. The second kappa shape index (κ2) is 8.63. The van der Waals surface area contributed by atoms with Crippen LogP contribution < -0.4 is 10.2 Å². The molecule has 1 aromatic heterocycles. The molecule has 0 aliphatic carbocycles. The van der Waals surface area contributed by atoms with Gasteiger partial charge in [-0.25, -0.2) is 8.60 Å². The molecular weight excluding hydrogens is 483 g/mol. The third kappa shape index (κ3) is 4.45. The number of methoxy groups -OCH3 is 1. The fourth-order valence-electron chi connectivity index (χ4n) is 4.27. The van der Waals surface area contributed by atoms with Crippen molar-refractivity contribution in [3.63, 3.8) is 0 Å². The number of rotatable bonds is 4. The predicted molar refractivity (Wildman–Crippen MR) is 117 cm³/mol. The monoisotopic (exact) mass is 508 g/mol. The van der Waals surface area contributed by atoms with E-state index in [0.717, 1.165) is 32.2 Å². The molecule has 3 rings (SSSR count). The van der Waals surface area contributed by atoms with E-state index in [-0.39, 0.29) is 22.6 Å². The molecule has 1 aliphatic rings. The fraction of sp³-hybridized carbons (Fsp3) is 0.500. The number of aryl methyl sites for hydroxylation is 1. The number of nitrogens with zero attached hydrogens (tertiary/aromatic N) is 1. The first-order valence-electron chi connectivity index (χ1n) is 10.2. The molecule has 0 saturated carbocycles. The zero-order valence-corrected chi connectivity index (χ0v) is 20.2. The van der Waals surface area contributed by atoms with Crippen LogP contribution in [-0.4, -0.2) is 40.6 Å². The lowest BCUT2D eigenvalue weighted by molar-refractivity contribution is -0.275. The molecule has 4 atom stereocenters. The van der Waals surface area contributed by atoms with Crippen LogP contribution in [0.5, 0.6) is 5.75 Å². The Bertz CT molecular complexity index is 1290. The molecule has 1 saturated heterocycles. The summed E-state index contributed by atoms with van der Waals surface area (Å²) in [5, 5.41) is 0. The lowest BCUT2D eigenvalue weighted by atomic mass is 9.76. The van der Waals surface area contributed by atoms with Crippen LogP contribution in [0, 0.1) is 24.5 Å². The van der Waals surface area contributed by atoms with Gasteiger partial charge in [0.05, 0.1) is 7.11 Å². The van der Waals surface area contributed by atoms with Crippen molar-refractivity contribution in [3.8, 4) is 5.75 Å². The minimum atomic E-state index is -4.81. The van der Waals surface area contributed by atoms with E-state index in [0.29, 0.717) is 0 Å². The summed E-state index contributed by atoms with van der Waals surface area (Å²) in [6, 6.07) is 2.97. The van der Waals surface area contributed by atoms with Crippen LogP contribution in [-0.2, 0) is 14.5 Å². The third-order valence-corrected chi connectivity index (χ3v) is 6.76. The topological polar surface area (TPSA) is 80.8 Å². The Labute approximate surface area is 193 Å². The number of hydrogen-bond donors (Lipinski definition) is 1. The van der Waals surface area contributed by atoms with Crippen LogP contribution in [0.2, 0.25) is 0 Å². The summed E-state index contributed by atoms with van der Waals surface area (Å²) in [5.41, 5.74) is -3.35. The van der Waals surface area contributed by atoms with E-state index >= 15 is 0 Å². The van der Waals surface area contributed by atoms with E-state index in [1.165, 1.54) is 26.4 Å². The summed E-state index contributed by atoms with van der Waals surface area (Å²) in [6.07, 6.45) is -3.54. The highest BCUT2D eigenvalue weighted by Gasteiger charge is 2.65. The molecule has 0 bridgehead atoms. The smallest absolute Gasteiger partial charge is 0.417 e. The quantitative estimate of drug-likeness (QED) is 0.580. The summed E-state index contributed by atoms with van der Waals surface area (Å²) in [5.74, 6) is -5.56. The van der Waals surface area contributed by atoms with E-state index in [1.807, 2.05) is 0 Å². The second-order valence-electron chi connectivity index (χ2n) is 8.78. The Morgan fingerprint density at radius 1 is 1.24 bits per heavy atom. The fourth-order valence-corrected chi connectivity index (χ4v) is 4.94. The lowest BCUT2D eigenvalue weighted by Gasteiger charge is -2.32. The largest absolute Gasteiger partial charge is 0.493 e. The number of H-pyrrole nitrogens is 1. The maximum Gasteiger partial charge on any atom is 0.417 e. The highest BCUT2D eigenvalue weighted by atomic mass is 32.2. The number of hydrogen-bond acceptors (Lipinski definition) is 5. The van der Waals surface area contributed by atoms with Gasteiger partial charge in [0, 0.05) is 57.1 Å². The Hall–Kier alpha value is -2.47. The summed E-state index contributed by atoms with van der Waals surface area (Å²) >= 11 is 0. The van der Waals surface area contributed by atoms with Gasteiger partial charge in [-0.3, -0.25) is 4.79 Å². The average molecular weight is 509 g/mol. The van der Waals surface area contributed by atoms with Gasteiger partial charge in [-0.1, -0.05) is 13.0 Å². The van der Waals surface area contributed by atoms with Crippen LogP contribution in [0.15, 0.2) is 27.4 Å². The van der Waals surface area contributed by atoms with Crippen molar-refractivity contribution in [1.29, 1.82) is 0 Å². The number of benzene rings is 1. The molecule has 0 amide bonds. The van der Waals surface area contributed by atoms with Gasteiger partial charge in [0.25, 0.3) is 0 Å². The molecule has 34 heavy (non-hydrogen) atoms. The zero-order valence-electron chi connectivity index (χ0n) is 19.3. The van der Waals surface area contributed by atoms with Crippen LogP contribution in [0.25, 0.3) is 0 Å². The molecule has 2 heterocycles. The van der Waals surface area contributed by atoms with E-state index < -0.39 is 62.3 Å². The first-order valence-corrected chi connectivity index (χ1v) is 12.5. The molecular formula is C22H25F5N2O4S. The first kappa shape index (κ1) is 26.1. The molecule has 1 fully saturated rings. The van der Waals surface area contributed by atoms with Gasteiger partial charge in [0.1, 0.15) is 11.8 Å². The molecule has 2 aromatic rings. The Morgan fingerprint density at radius 3 is 2.35 bits per heavy atom. The van der Waals surface area contributed by atoms with E-state index in [4.69, 9.17) is 9.47 Å². The van der Waals surface area contributed by atoms with Crippen LogP contribution in [0.4, 0.5) is 27.6 Å². The number of nitrogens with one attached hydrogen (secondary N) is 1. The van der Waals surface area contributed by atoms with Crippen LogP contribution in [0.3, 0.4) is 0 Å². The molecule has 0 unspecified atom stereocenters. The van der Waals surface area contributed by atoms with E-state index in [1.54, 1.807) is 0 Å². The van der Waals surface area contributed by atoms with Crippen molar-refractivity contribution in [2.75, 3.05) is 19.6 Å². The maximum absolute atomic E-state index is 14.5. The molecule has 1 aliphatic heterocycles. The number of pyridine rings is 1. The molecule has 0 radical (unpaired) electrons. The van der Waals surface area contributed by atoms with Gasteiger partial charge in [0.15, 0.2) is 17.2 Å². The minimum Gasteiger partial charge on any atom is -0.493 e. The van der Waals surface area contributed by atoms with Gasteiger partial charge in [0.2, 0.25) is 11.2 Å². The number of ether oxygens (including phenoxy) is 2. The SMILES string of the molecule is COc1c([C@H]2[C@H](c3cc(=O)c(N=S(C)(C)=O)c(C)[nH]3)O[C@@](C)(C(F)(F)F)[C@H]2C)ccc(F)c1F. The van der Waals surface area contributed by atoms with Crippen molar-refractivity contribution in [2.24, 2.45) is 10.3 Å². The molecule has 1 aromatic carbocycles. The summed E-state index contributed by atoms with van der Waals surface area (Å²) in [4.78, 5) is 15.6. The van der Waals surface area contributed by atoms with Crippen LogP contribution in [0.1, 0.15) is 42.8 Å². The molecule has 188 valence electrons. The Morgan fingerprint density at radius 2 is 1.85 bits per heavy atom. The number of aromatic amines is 1. The average Bonchev–Trinajstić information content (AvgIpc) is 2.98. The molecule has 6 nitrogen and oxygen atoms in total. The lowest BCUT2D eigenvalue weighted by Crippen LogP contribution is -2.46. The minimum absolute atomic E-state index is 0.0169. The van der Waals surface area contributed by atoms with Crippen molar-refractivity contribution >= 4 is 15.4 Å². The van der Waals surface area contributed by atoms with Crippen LogP contribution >= 0.6 is 0 Å². The van der Waals surface area contributed by atoms with Gasteiger partial charge >= 0.3 is 6.18 Å². The third-order valence-electron chi connectivity index (χ3n) is 6.14. The normalized spacial score (nSPS) is 25.4. The van der Waals surface area contributed by atoms with Gasteiger partial charge in [-0.05, 0) is 19.9 Å². The summed E-state index contributed by atoms with van der Waals surface area (Å²) in [6.45, 7) is 3.62. The Kier molecular flexibility index (Phi) is 6.64. The Balaban J connectivity index is 2.28. The molecule has 12 heteroatoms. The van der Waals surface area contributed by atoms with Crippen molar-refractivity contribution in [2.45, 2.75) is 44.6 Å². The van der Waals surface area contributed by atoms with Crippen molar-refractivity contribution in [1.82, 2.24) is 4.98 Å². The molecule has 1 N–H and O–H groups in total. The van der Waals surface area contributed by atoms with Crippen molar-refractivity contribution < 1.29 is 35.6 Å². The zero-order chi connectivity index (χ0) is 25.8. The first-order chi connectivity index (χ1) is 15.5. The predicted octanol–water partition coefficient (Wildman–Crippen LogP) is 5.14. The number of alkyl halides is 3. The van der Waals surface area contributed by atoms with Gasteiger partial charge in [-0.2, -0.15) is 21.9 Å². The standard InChI is InChI=1S/C22H25F5N2O4S/c1-10-16(12-7-8-13(23)17(24)19(12)32-4)20(33-21(10,3)22(25,26)27)14-9-15(30)18(11(2)28-14)29-34(5,6)31/h7-10,16,20H,1-6H3,(H,28,30)/t10-,16-,20-,21+/m0/s1. The number of halogens is 5.